The number of hydrogen-bond acceptors (Lipinski definition) is 4. The van der Waals surface area contributed by atoms with Crippen molar-refractivity contribution >= 4 is 28.8 Å². The van der Waals surface area contributed by atoms with E-state index >= 15 is 0 Å². The van der Waals surface area contributed by atoms with Crippen LogP contribution in [0.5, 0.6) is 5.75 Å². The number of aromatic hydroxyl groups is 1. The Hall–Kier alpha value is -3.29. The fourth-order valence-electron chi connectivity index (χ4n) is 2.65. The number of fused-ring (bicyclic) bond motifs is 1. The zero-order valence-electron chi connectivity index (χ0n) is 13.3. The van der Waals surface area contributed by atoms with Crippen LogP contribution in [0.4, 0.5) is 18.9 Å². The molecule has 0 aliphatic rings. The lowest BCUT2D eigenvalue weighted by molar-refractivity contribution is -0.137. The van der Waals surface area contributed by atoms with E-state index in [0.29, 0.717) is 6.29 Å². The predicted octanol–water partition coefficient (Wildman–Crippen LogP) is 4.53. The normalized spacial score (nSPS) is 11.5. The topological polar surface area (TPSA) is 79.5 Å². The summed E-state index contributed by atoms with van der Waals surface area (Å²) in [6, 6.07) is 6.62. The molecule has 0 aliphatic carbocycles. The van der Waals surface area contributed by atoms with Gasteiger partial charge in [-0.05, 0) is 43.3 Å². The van der Waals surface area contributed by atoms with E-state index in [9.17, 15) is 27.9 Å². The molecule has 1 aromatic heterocycles. The summed E-state index contributed by atoms with van der Waals surface area (Å²) in [5, 5.41) is 12.4. The number of phenols is 1. The van der Waals surface area contributed by atoms with E-state index in [1.165, 1.54) is 19.1 Å². The van der Waals surface area contributed by atoms with Gasteiger partial charge in [0.25, 0.3) is 5.91 Å². The van der Waals surface area contributed by atoms with Gasteiger partial charge in [0.1, 0.15) is 17.1 Å². The first-order valence-electron chi connectivity index (χ1n) is 7.41. The fraction of sp³-hybridized carbons (Fsp3) is 0.111. The Morgan fingerprint density at radius 1 is 1.15 bits per heavy atom. The van der Waals surface area contributed by atoms with Crippen molar-refractivity contribution in [3.05, 3.63) is 58.8 Å². The van der Waals surface area contributed by atoms with Gasteiger partial charge < -0.3 is 14.8 Å². The molecule has 1 heterocycles. The van der Waals surface area contributed by atoms with Gasteiger partial charge in [0, 0.05) is 11.1 Å². The summed E-state index contributed by atoms with van der Waals surface area (Å²) >= 11 is 0. The van der Waals surface area contributed by atoms with Gasteiger partial charge in [-0.3, -0.25) is 9.59 Å². The zero-order chi connectivity index (χ0) is 19.1. The lowest BCUT2D eigenvalue weighted by Gasteiger charge is -2.09. The second-order valence-corrected chi connectivity index (χ2v) is 5.55. The summed E-state index contributed by atoms with van der Waals surface area (Å²) < 4.78 is 43.2. The number of phenolic OH excluding ortho intramolecular Hbond substituents is 1. The van der Waals surface area contributed by atoms with Crippen LogP contribution in [0.1, 0.15) is 32.0 Å². The number of halogens is 3. The number of aldehydes is 1. The predicted molar refractivity (Wildman–Crippen MR) is 87.4 cm³/mol. The average Bonchev–Trinajstić information content (AvgIpc) is 2.90. The van der Waals surface area contributed by atoms with E-state index in [4.69, 9.17) is 4.42 Å². The van der Waals surface area contributed by atoms with Gasteiger partial charge in [0.05, 0.1) is 16.7 Å². The van der Waals surface area contributed by atoms with Crippen molar-refractivity contribution in [2.45, 2.75) is 13.1 Å². The van der Waals surface area contributed by atoms with Crippen LogP contribution in [0.15, 0.2) is 40.8 Å². The first-order chi connectivity index (χ1) is 12.2. The lowest BCUT2D eigenvalue weighted by Crippen LogP contribution is -2.13. The quantitative estimate of drug-likeness (QED) is 0.670. The van der Waals surface area contributed by atoms with Gasteiger partial charge in [-0.15, -0.1) is 0 Å². The van der Waals surface area contributed by atoms with E-state index < -0.39 is 17.6 Å². The Kier molecular flexibility index (Phi) is 4.19. The molecule has 0 fully saturated rings. The van der Waals surface area contributed by atoms with Gasteiger partial charge in [0.15, 0.2) is 6.29 Å². The van der Waals surface area contributed by atoms with E-state index in [1.54, 1.807) is 0 Å². The summed E-state index contributed by atoms with van der Waals surface area (Å²) in [5.41, 5.74) is -0.534. The third-order valence-electron chi connectivity index (χ3n) is 3.86. The Balaban J connectivity index is 1.99. The van der Waals surface area contributed by atoms with Crippen LogP contribution in [-0.4, -0.2) is 17.3 Å². The number of hydrogen-bond donors (Lipinski definition) is 2. The molecule has 0 bridgehead atoms. The number of nitrogens with one attached hydrogen (secondary N) is 1. The van der Waals surface area contributed by atoms with Crippen LogP contribution in [0.3, 0.4) is 0 Å². The number of amides is 1. The van der Waals surface area contributed by atoms with Gasteiger partial charge in [0.2, 0.25) is 0 Å². The molecule has 0 unspecified atom stereocenters. The van der Waals surface area contributed by atoms with E-state index in [1.807, 2.05) is 0 Å². The lowest BCUT2D eigenvalue weighted by atomic mass is 10.0. The molecule has 0 radical (unpaired) electrons. The third kappa shape index (κ3) is 3.01. The number of carbonyl (C=O) groups is 2. The van der Waals surface area contributed by atoms with Crippen molar-refractivity contribution in [3.63, 3.8) is 0 Å². The molecule has 0 spiro atoms. The SMILES string of the molecule is Cc1oc2ccc(O)c(C=O)c2c1C(=O)Nc1ccc(C(F)(F)F)cc1. The molecule has 0 saturated heterocycles. The number of carbonyl (C=O) groups excluding carboxylic acids is 2. The minimum atomic E-state index is -4.48. The van der Waals surface area contributed by atoms with Crippen LogP contribution < -0.4 is 5.32 Å². The van der Waals surface area contributed by atoms with Crippen LogP contribution in [-0.2, 0) is 6.18 Å². The van der Waals surface area contributed by atoms with E-state index in [-0.39, 0.29) is 39.3 Å². The van der Waals surface area contributed by atoms with Crippen molar-refractivity contribution in [2.75, 3.05) is 5.32 Å². The maximum atomic E-state index is 12.6. The molecule has 2 N–H and O–H groups in total. The van der Waals surface area contributed by atoms with Crippen LogP contribution in [0, 0.1) is 6.92 Å². The molecular weight excluding hydrogens is 351 g/mol. The molecule has 0 aliphatic heterocycles. The van der Waals surface area contributed by atoms with Crippen LogP contribution in [0.25, 0.3) is 11.0 Å². The highest BCUT2D eigenvalue weighted by Gasteiger charge is 2.30. The number of benzene rings is 2. The smallest absolute Gasteiger partial charge is 0.416 e. The highest BCUT2D eigenvalue weighted by molar-refractivity contribution is 6.17. The van der Waals surface area contributed by atoms with Crippen molar-refractivity contribution in [3.8, 4) is 5.75 Å². The summed E-state index contributed by atoms with van der Waals surface area (Å²) in [7, 11) is 0. The average molecular weight is 363 g/mol. The van der Waals surface area contributed by atoms with Crippen molar-refractivity contribution in [1.82, 2.24) is 0 Å². The molecule has 2 aromatic carbocycles. The van der Waals surface area contributed by atoms with E-state index in [2.05, 4.69) is 5.32 Å². The first kappa shape index (κ1) is 17.5. The largest absolute Gasteiger partial charge is 0.507 e. The molecule has 134 valence electrons. The van der Waals surface area contributed by atoms with Gasteiger partial charge >= 0.3 is 6.18 Å². The molecule has 5 nitrogen and oxygen atoms in total. The number of aryl methyl sites for hydroxylation is 1. The maximum Gasteiger partial charge on any atom is 0.416 e. The number of alkyl halides is 3. The van der Waals surface area contributed by atoms with Crippen molar-refractivity contribution in [2.24, 2.45) is 0 Å². The van der Waals surface area contributed by atoms with Gasteiger partial charge in [-0.2, -0.15) is 13.2 Å². The van der Waals surface area contributed by atoms with E-state index in [0.717, 1.165) is 24.3 Å². The number of rotatable bonds is 3. The molecule has 1 amide bonds. The Morgan fingerprint density at radius 3 is 2.38 bits per heavy atom. The minimum Gasteiger partial charge on any atom is -0.507 e. The summed E-state index contributed by atoms with van der Waals surface area (Å²) in [6.45, 7) is 1.51. The third-order valence-corrected chi connectivity index (χ3v) is 3.86. The van der Waals surface area contributed by atoms with Gasteiger partial charge in [-0.1, -0.05) is 0 Å². The highest BCUT2D eigenvalue weighted by atomic mass is 19.4. The molecule has 26 heavy (non-hydrogen) atoms. The van der Waals surface area contributed by atoms with Crippen LogP contribution in [0.2, 0.25) is 0 Å². The second kappa shape index (κ2) is 6.21. The zero-order valence-corrected chi connectivity index (χ0v) is 13.3. The first-order valence-corrected chi connectivity index (χ1v) is 7.41. The van der Waals surface area contributed by atoms with Crippen molar-refractivity contribution in [1.29, 1.82) is 0 Å². The monoisotopic (exact) mass is 363 g/mol. The maximum absolute atomic E-state index is 12.6. The standard InChI is InChI=1S/C18H12F3NO4/c1-9-15(16-12(8-23)13(24)6-7-14(16)26-9)17(25)22-11-4-2-10(3-5-11)18(19,20)21/h2-8,24H,1H3,(H,22,25). The number of anilines is 1. The molecule has 3 aromatic rings. The minimum absolute atomic E-state index is 0.0258. The molecule has 3 rings (SSSR count). The van der Waals surface area contributed by atoms with Crippen LogP contribution >= 0.6 is 0 Å². The number of furan rings is 1. The fourth-order valence-corrected chi connectivity index (χ4v) is 2.65. The van der Waals surface area contributed by atoms with Crippen molar-refractivity contribution < 1.29 is 32.3 Å². The molecule has 0 atom stereocenters. The Bertz CT molecular complexity index is 1000. The molecule has 8 heteroatoms. The summed E-state index contributed by atoms with van der Waals surface area (Å²) in [5.74, 6) is -0.773. The Labute approximate surface area is 145 Å². The molecular formula is C18H12F3NO4. The highest BCUT2D eigenvalue weighted by Crippen LogP contribution is 2.34. The summed E-state index contributed by atoms with van der Waals surface area (Å²) in [4.78, 5) is 23.9. The van der Waals surface area contributed by atoms with Gasteiger partial charge in [-0.25, -0.2) is 0 Å². The second-order valence-electron chi connectivity index (χ2n) is 5.55. The Morgan fingerprint density at radius 2 is 1.81 bits per heavy atom. The molecule has 0 saturated carbocycles. The summed E-state index contributed by atoms with van der Waals surface area (Å²) in [6.07, 6.45) is -4.07.